The van der Waals surface area contributed by atoms with Gasteiger partial charge in [0.25, 0.3) is 5.91 Å². The number of halogens is 1. The molecule has 0 unspecified atom stereocenters. The number of hydrogen-bond acceptors (Lipinski definition) is 5. The van der Waals surface area contributed by atoms with Gasteiger partial charge in [0.05, 0.1) is 6.26 Å². The Hall–Kier alpha value is -2.04. The summed E-state index contributed by atoms with van der Waals surface area (Å²) in [5.74, 6) is -1.13. The number of carbonyl (C=O) groups is 2. The summed E-state index contributed by atoms with van der Waals surface area (Å²) < 4.78 is 37.7. The van der Waals surface area contributed by atoms with Crippen LogP contribution in [0, 0.1) is 5.82 Å². The minimum Gasteiger partial charge on any atom is -0.340 e. The molecule has 0 aliphatic carbocycles. The van der Waals surface area contributed by atoms with Crippen molar-refractivity contribution in [1.29, 1.82) is 0 Å². The van der Waals surface area contributed by atoms with Crippen LogP contribution in [0.15, 0.2) is 24.3 Å². The van der Waals surface area contributed by atoms with Crippen LogP contribution in [0.5, 0.6) is 0 Å². The third-order valence-corrected chi connectivity index (χ3v) is 5.95. The molecule has 1 aromatic rings. The van der Waals surface area contributed by atoms with Crippen LogP contribution in [-0.4, -0.2) is 81.5 Å². The smallest absolute Gasteiger partial charge is 0.251 e. The number of carbonyl (C=O) groups excluding carboxylic acids is 2. The largest absolute Gasteiger partial charge is 0.340 e. The van der Waals surface area contributed by atoms with Gasteiger partial charge >= 0.3 is 0 Å². The molecule has 1 fully saturated rings. The fourth-order valence-corrected chi connectivity index (χ4v) is 3.87. The third kappa shape index (κ3) is 6.25. The van der Waals surface area contributed by atoms with Crippen LogP contribution >= 0.6 is 0 Å². The number of hydrogen-bond donors (Lipinski definition) is 2. The molecule has 0 radical (unpaired) electrons. The lowest BCUT2D eigenvalue weighted by atomic mass is 10.1. The molecule has 1 saturated heterocycles. The van der Waals surface area contributed by atoms with Gasteiger partial charge in [-0.2, -0.15) is 4.31 Å². The fourth-order valence-electron chi connectivity index (χ4n) is 3.04. The molecule has 2 rings (SSSR count). The molecule has 0 bridgehead atoms. The highest BCUT2D eigenvalue weighted by atomic mass is 32.2. The van der Waals surface area contributed by atoms with Gasteiger partial charge in [0.2, 0.25) is 15.9 Å². The van der Waals surface area contributed by atoms with E-state index in [2.05, 4.69) is 10.6 Å². The van der Waals surface area contributed by atoms with E-state index in [1.807, 2.05) is 0 Å². The zero-order valence-electron chi connectivity index (χ0n) is 16.2. The molecule has 28 heavy (non-hydrogen) atoms. The zero-order chi connectivity index (χ0) is 20.7. The molecule has 156 valence electrons. The molecule has 2 amide bonds. The Morgan fingerprint density at radius 1 is 1.14 bits per heavy atom. The molecule has 2 N–H and O–H groups in total. The van der Waals surface area contributed by atoms with Crippen LogP contribution < -0.4 is 10.6 Å². The molecule has 10 heteroatoms. The Kier molecular flexibility index (Phi) is 7.90. The van der Waals surface area contributed by atoms with Crippen LogP contribution in [-0.2, 0) is 14.8 Å². The van der Waals surface area contributed by atoms with E-state index >= 15 is 0 Å². The summed E-state index contributed by atoms with van der Waals surface area (Å²) in [6.45, 7) is 1.72. The van der Waals surface area contributed by atoms with E-state index in [1.165, 1.54) is 28.6 Å². The van der Waals surface area contributed by atoms with E-state index in [9.17, 15) is 22.4 Å². The van der Waals surface area contributed by atoms with E-state index < -0.39 is 27.8 Å². The molecule has 0 spiro atoms. The molecule has 1 heterocycles. The Bertz CT molecular complexity index is 777. The highest BCUT2D eigenvalue weighted by Gasteiger charge is 2.30. The van der Waals surface area contributed by atoms with E-state index in [0.29, 0.717) is 19.4 Å². The summed E-state index contributed by atoms with van der Waals surface area (Å²) in [4.78, 5) is 27.0. The number of rotatable bonds is 8. The van der Waals surface area contributed by atoms with Crippen LogP contribution in [0.2, 0.25) is 0 Å². The van der Waals surface area contributed by atoms with Crippen molar-refractivity contribution in [2.45, 2.75) is 18.9 Å². The van der Waals surface area contributed by atoms with Crippen LogP contribution in [0.4, 0.5) is 4.39 Å². The van der Waals surface area contributed by atoms with Gasteiger partial charge in [-0.1, -0.05) is 0 Å². The lowest BCUT2D eigenvalue weighted by Gasteiger charge is -2.35. The van der Waals surface area contributed by atoms with E-state index in [-0.39, 0.29) is 37.6 Å². The van der Waals surface area contributed by atoms with Crippen molar-refractivity contribution in [2.24, 2.45) is 0 Å². The topological polar surface area (TPSA) is 98.8 Å². The van der Waals surface area contributed by atoms with Crippen LogP contribution in [0.25, 0.3) is 0 Å². The predicted octanol–water partition coefficient (Wildman–Crippen LogP) is 0.0275. The van der Waals surface area contributed by atoms with Crippen LogP contribution in [0.3, 0.4) is 0 Å². The minimum atomic E-state index is -3.28. The molecule has 1 aliphatic rings. The SMILES string of the molecule is CNCCC[C@H](NC(=O)c1ccc(F)cc1)C(=O)N1CCN(S(C)(=O)=O)CC1. The first-order chi connectivity index (χ1) is 13.2. The molecule has 1 atom stereocenters. The summed E-state index contributed by atoms with van der Waals surface area (Å²) in [6, 6.07) is 4.39. The summed E-state index contributed by atoms with van der Waals surface area (Å²) in [5.41, 5.74) is 0.273. The monoisotopic (exact) mass is 414 g/mol. The summed E-state index contributed by atoms with van der Waals surface area (Å²) in [7, 11) is -1.48. The molecular formula is C18H27FN4O4S. The number of sulfonamides is 1. The van der Waals surface area contributed by atoms with Crippen molar-refractivity contribution in [3.05, 3.63) is 35.6 Å². The van der Waals surface area contributed by atoms with Crippen LogP contribution in [0.1, 0.15) is 23.2 Å². The maximum atomic E-state index is 13.1. The highest BCUT2D eigenvalue weighted by molar-refractivity contribution is 7.88. The average Bonchev–Trinajstić information content (AvgIpc) is 2.66. The van der Waals surface area contributed by atoms with Gasteiger partial charge in [0.1, 0.15) is 11.9 Å². The van der Waals surface area contributed by atoms with Gasteiger partial charge in [-0.25, -0.2) is 12.8 Å². The predicted molar refractivity (Wildman–Crippen MR) is 104 cm³/mol. The van der Waals surface area contributed by atoms with Gasteiger partial charge in [-0.05, 0) is 50.7 Å². The Morgan fingerprint density at radius 3 is 2.29 bits per heavy atom. The second-order valence-electron chi connectivity index (χ2n) is 6.77. The van der Waals surface area contributed by atoms with Gasteiger partial charge in [-0.15, -0.1) is 0 Å². The number of benzene rings is 1. The number of nitrogens with one attached hydrogen (secondary N) is 2. The van der Waals surface area contributed by atoms with Crippen molar-refractivity contribution >= 4 is 21.8 Å². The van der Waals surface area contributed by atoms with E-state index in [4.69, 9.17) is 0 Å². The Morgan fingerprint density at radius 2 is 1.75 bits per heavy atom. The maximum absolute atomic E-state index is 13.1. The van der Waals surface area contributed by atoms with Crippen molar-refractivity contribution in [3.63, 3.8) is 0 Å². The number of piperazine rings is 1. The highest BCUT2D eigenvalue weighted by Crippen LogP contribution is 2.11. The van der Waals surface area contributed by atoms with Gasteiger partial charge in [0, 0.05) is 31.7 Å². The Balaban J connectivity index is 2.04. The van der Waals surface area contributed by atoms with Crippen molar-refractivity contribution < 1.29 is 22.4 Å². The van der Waals surface area contributed by atoms with E-state index in [0.717, 1.165) is 6.26 Å². The standard InChI is InChI=1S/C18H27FN4O4S/c1-20-9-3-4-16(21-17(24)14-5-7-15(19)8-6-14)18(25)22-10-12-23(13-11-22)28(2,26)27/h5-8,16,20H,3-4,9-13H2,1-2H3,(H,21,24)/t16-/m0/s1. The van der Waals surface area contributed by atoms with Gasteiger partial charge in [-0.3, -0.25) is 9.59 Å². The van der Waals surface area contributed by atoms with E-state index in [1.54, 1.807) is 11.9 Å². The first kappa shape index (κ1) is 22.3. The third-order valence-electron chi connectivity index (χ3n) is 4.65. The maximum Gasteiger partial charge on any atom is 0.251 e. The normalized spacial score (nSPS) is 16.6. The summed E-state index contributed by atoms with van der Waals surface area (Å²) in [5, 5.41) is 5.74. The second kappa shape index (κ2) is 9.94. The van der Waals surface area contributed by atoms with Gasteiger partial charge < -0.3 is 15.5 Å². The average molecular weight is 415 g/mol. The lowest BCUT2D eigenvalue weighted by molar-refractivity contribution is -0.134. The molecule has 8 nitrogen and oxygen atoms in total. The number of amides is 2. The summed E-state index contributed by atoms with van der Waals surface area (Å²) >= 11 is 0. The number of nitrogens with zero attached hydrogens (tertiary/aromatic N) is 2. The fraction of sp³-hybridized carbons (Fsp3) is 0.556. The molecule has 0 aromatic heterocycles. The van der Waals surface area contributed by atoms with Gasteiger partial charge in [0.15, 0.2) is 0 Å². The Labute approximate surface area is 165 Å². The van der Waals surface area contributed by atoms with Crippen molar-refractivity contribution in [1.82, 2.24) is 19.8 Å². The first-order valence-corrected chi connectivity index (χ1v) is 11.0. The quantitative estimate of drug-likeness (QED) is 0.585. The zero-order valence-corrected chi connectivity index (χ0v) is 17.0. The first-order valence-electron chi connectivity index (χ1n) is 9.17. The molecule has 1 aromatic carbocycles. The molecule has 0 saturated carbocycles. The van der Waals surface area contributed by atoms with Crippen molar-refractivity contribution in [3.8, 4) is 0 Å². The molecule has 1 aliphatic heterocycles. The minimum absolute atomic E-state index is 0.236. The molecular weight excluding hydrogens is 387 g/mol. The summed E-state index contributed by atoms with van der Waals surface area (Å²) in [6.07, 6.45) is 2.27. The van der Waals surface area contributed by atoms with Crippen molar-refractivity contribution in [2.75, 3.05) is 46.0 Å². The second-order valence-corrected chi connectivity index (χ2v) is 8.75. The lowest BCUT2D eigenvalue weighted by Crippen LogP contribution is -2.55.